The molecule has 6 heteroatoms. The first-order valence-electron chi connectivity index (χ1n) is 7.43. The third-order valence-corrected chi connectivity index (χ3v) is 4.97. The van der Waals surface area contributed by atoms with Crippen molar-refractivity contribution in [2.45, 2.75) is 18.7 Å². The van der Waals surface area contributed by atoms with E-state index >= 15 is 0 Å². The Labute approximate surface area is 142 Å². The highest BCUT2D eigenvalue weighted by atomic mass is 32.2. The molecule has 24 heavy (non-hydrogen) atoms. The Bertz CT molecular complexity index is 856. The summed E-state index contributed by atoms with van der Waals surface area (Å²) in [5, 5.41) is 2.66. The monoisotopic (exact) mass is 344 g/mol. The van der Waals surface area contributed by atoms with Crippen molar-refractivity contribution in [1.29, 1.82) is 0 Å². The van der Waals surface area contributed by atoms with E-state index in [1.54, 1.807) is 48.5 Å². The first-order chi connectivity index (χ1) is 11.3. The average Bonchev–Trinajstić information content (AvgIpc) is 2.55. The highest BCUT2D eigenvalue weighted by Gasteiger charge is 2.15. The second-order valence-corrected chi connectivity index (χ2v) is 7.11. The SMILES string of the molecule is C=CCNC(=O)c1ccc(NS(=O)(=O)c2ccc(C)c(C)c2)cc1. The lowest BCUT2D eigenvalue weighted by molar-refractivity contribution is 0.0958. The molecule has 0 spiro atoms. The molecule has 0 aliphatic heterocycles. The molecule has 0 saturated carbocycles. The summed E-state index contributed by atoms with van der Waals surface area (Å²) in [7, 11) is -3.66. The Kier molecular flexibility index (Phi) is 5.41. The largest absolute Gasteiger partial charge is 0.349 e. The van der Waals surface area contributed by atoms with Gasteiger partial charge in [0.15, 0.2) is 0 Å². The molecule has 2 aromatic carbocycles. The van der Waals surface area contributed by atoms with E-state index in [1.165, 1.54) is 0 Å². The second kappa shape index (κ2) is 7.31. The van der Waals surface area contributed by atoms with Gasteiger partial charge in [0, 0.05) is 17.8 Å². The van der Waals surface area contributed by atoms with Gasteiger partial charge in [-0.1, -0.05) is 12.1 Å². The van der Waals surface area contributed by atoms with Crippen molar-refractivity contribution in [2.75, 3.05) is 11.3 Å². The van der Waals surface area contributed by atoms with Crippen LogP contribution in [0.4, 0.5) is 5.69 Å². The Morgan fingerprint density at radius 2 is 1.75 bits per heavy atom. The minimum Gasteiger partial charge on any atom is -0.349 e. The van der Waals surface area contributed by atoms with Gasteiger partial charge in [-0.3, -0.25) is 9.52 Å². The highest BCUT2D eigenvalue weighted by Crippen LogP contribution is 2.19. The summed E-state index contributed by atoms with van der Waals surface area (Å²) in [5.41, 5.74) is 2.79. The lowest BCUT2D eigenvalue weighted by Gasteiger charge is -2.10. The maximum atomic E-state index is 12.4. The van der Waals surface area contributed by atoms with Crippen LogP contribution >= 0.6 is 0 Å². The lowest BCUT2D eigenvalue weighted by Crippen LogP contribution is -2.23. The molecule has 2 rings (SSSR count). The van der Waals surface area contributed by atoms with Crippen LogP contribution in [-0.4, -0.2) is 20.9 Å². The summed E-state index contributed by atoms with van der Waals surface area (Å²) in [4.78, 5) is 12.0. The van der Waals surface area contributed by atoms with Crippen LogP contribution in [0.15, 0.2) is 60.0 Å². The van der Waals surface area contributed by atoms with Crippen molar-refractivity contribution in [2.24, 2.45) is 0 Å². The van der Waals surface area contributed by atoms with E-state index in [0.29, 0.717) is 17.8 Å². The minimum atomic E-state index is -3.66. The molecule has 5 nitrogen and oxygen atoms in total. The summed E-state index contributed by atoms with van der Waals surface area (Å²) >= 11 is 0. The molecule has 126 valence electrons. The molecule has 0 aromatic heterocycles. The van der Waals surface area contributed by atoms with Gasteiger partial charge in [-0.05, 0) is 61.4 Å². The van der Waals surface area contributed by atoms with Gasteiger partial charge >= 0.3 is 0 Å². The van der Waals surface area contributed by atoms with Gasteiger partial charge in [0.05, 0.1) is 4.90 Å². The van der Waals surface area contributed by atoms with Gasteiger partial charge in [-0.15, -0.1) is 6.58 Å². The third kappa shape index (κ3) is 4.23. The zero-order chi connectivity index (χ0) is 17.7. The van der Waals surface area contributed by atoms with Crippen molar-refractivity contribution in [1.82, 2.24) is 5.32 Å². The maximum Gasteiger partial charge on any atom is 0.261 e. The Hall–Kier alpha value is -2.60. The first-order valence-corrected chi connectivity index (χ1v) is 8.91. The number of carbonyl (C=O) groups is 1. The highest BCUT2D eigenvalue weighted by molar-refractivity contribution is 7.92. The zero-order valence-corrected chi connectivity index (χ0v) is 14.5. The molecular formula is C18H20N2O3S. The van der Waals surface area contributed by atoms with E-state index in [9.17, 15) is 13.2 Å². The molecule has 2 aromatic rings. The molecule has 0 unspecified atom stereocenters. The van der Waals surface area contributed by atoms with Gasteiger partial charge < -0.3 is 5.32 Å². The number of amides is 1. The summed E-state index contributed by atoms with van der Waals surface area (Å²) in [6.45, 7) is 7.70. The lowest BCUT2D eigenvalue weighted by atomic mass is 10.1. The molecule has 2 N–H and O–H groups in total. The van der Waals surface area contributed by atoms with E-state index < -0.39 is 10.0 Å². The normalized spacial score (nSPS) is 10.9. The summed E-state index contributed by atoms with van der Waals surface area (Å²) in [6.07, 6.45) is 1.59. The number of benzene rings is 2. The fourth-order valence-electron chi connectivity index (χ4n) is 2.05. The topological polar surface area (TPSA) is 75.3 Å². The standard InChI is InChI=1S/C18H20N2O3S/c1-4-11-19-18(21)15-6-8-16(9-7-15)20-24(22,23)17-10-5-13(2)14(3)12-17/h4-10,12,20H,1,11H2,2-3H3,(H,19,21). The van der Waals surface area contributed by atoms with E-state index in [0.717, 1.165) is 11.1 Å². The van der Waals surface area contributed by atoms with E-state index in [1.807, 2.05) is 13.8 Å². The van der Waals surface area contributed by atoms with Crippen LogP contribution in [0, 0.1) is 13.8 Å². The van der Waals surface area contributed by atoms with Crippen molar-refractivity contribution < 1.29 is 13.2 Å². The predicted molar refractivity (Wildman–Crippen MR) is 95.7 cm³/mol. The van der Waals surface area contributed by atoms with Crippen LogP contribution in [0.3, 0.4) is 0 Å². The summed E-state index contributed by atoms with van der Waals surface area (Å²) < 4.78 is 27.4. The molecule has 1 amide bonds. The van der Waals surface area contributed by atoms with Gasteiger partial charge in [0.1, 0.15) is 0 Å². The molecular weight excluding hydrogens is 324 g/mol. The number of carbonyl (C=O) groups excluding carboxylic acids is 1. The molecule has 0 saturated heterocycles. The maximum absolute atomic E-state index is 12.4. The van der Waals surface area contributed by atoms with E-state index in [4.69, 9.17) is 0 Å². The van der Waals surface area contributed by atoms with Crippen LogP contribution in [0.5, 0.6) is 0 Å². The quantitative estimate of drug-likeness (QED) is 0.791. The molecule has 0 bridgehead atoms. The van der Waals surface area contributed by atoms with Crippen LogP contribution < -0.4 is 10.0 Å². The van der Waals surface area contributed by atoms with Gasteiger partial charge in [0.25, 0.3) is 15.9 Å². The molecule has 0 heterocycles. The van der Waals surface area contributed by atoms with Gasteiger partial charge in [0.2, 0.25) is 0 Å². The van der Waals surface area contributed by atoms with Crippen molar-refractivity contribution in [3.8, 4) is 0 Å². The fourth-order valence-corrected chi connectivity index (χ4v) is 3.20. The van der Waals surface area contributed by atoms with Crippen LogP contribution in [0.1, 0.15) is 21.5 Å². The van der Waals surface area contributed by atoms with Crippen molar-refractivity contribution in [3.05, 3.63) is 71.8 Å². The fraction of sp³-hybridized carbons (Fsp3) is 0.167. The van der Waals surface area contributed by atoms with Crippen LogP contribution in [0.2, 0.25) is 0 Å². The number of hydrogen-bond acceptors (Lipinski definition) is 3. The van der Waals surface area contributed by atoms with Crippen LogP contribution in [-0.2, 0) is 10.0 Å². The number of nitrogens with one attached hydrogen (secondary N) is 2. The Morgan fingerprint density at radius 3 is 2.33 bits per heavy atom. The first kappa shape index (κ1) is 17.7. The summed E-state index contributed by atoms with van der Waals surface area (Å²) in [6, 6.07) is 11.2. The predicted octanol–water partition coefficient (Wildman–Crippen LogP) is 3.02. The van der Waals surface area contributed by atoms with Crippen LogP contribution in [0.25, 0.3) is 0 Å². The average molecular weight is 344 g/mol. The molecule has 0 fully saturated rings. The summed E-state index contributed by atoms with van der Waals surface area (Å²) in [5.74, 6) is -0.238. The number of aryl methyl sites for hydroxylation is 2. The van der Waals surface area contributed by atoms with Crippen molar-refractivity contribution >= 4 is 21.6 Å². The number of anilines is 1. The molecule has 0 radical (unpaired) electrons. The smallest absolute Gasteiger partial charge is 0.261 e. The number of sulfonamides is 1. The number of hydrogen-bond donors (Lipinski definition) is 2. The number of rotatable bonds is 6. The minimum absolute atomic E-state index is 0.207. The van der Waals surface area contributed by atoms with Gasteiger partial charge in [-0.25, -0.2) is 8.42 Å². The third-order valence-electron chi connectivity index (χ3n) is 3.59. The molecule has 0 aliphatic rings. The van der Waals surface area contributed by atoms with E-state index in [2.05, 4.69) is 16.6 Å². The van der Waals surface area contributed by atoms with Gasteiger partial charge in [-0.2, -0.15) is 0 Å². The van der Waals surface area contributed by atoms with Crippen molar-refractivity contribution in [3.63, 3.8) is 0 Å². The zero-order valence-electron chi connectivity index (χ0n) is 13.7. The Morgan fingerprint density at radius 1 is 1.08 bits per heavy atom. The second-order valence-electron chi connectivity index (χ2n) is 5.43. The molecule has 0 aliphatic carbocycles. The Balaban J connectivity index is 2.16. The molecule has 0 atom stereocenters. The van der Waals surface area contributed by atoms with E-state index in [-0.39, 0.29) is 10.8 Å².